The average Bonchev–Trinajstić information content (AvgIpc) is 3.25. The lowest BCUT2D eigenvalue weighted by molar-refractivity contribution is 0.0911. The summed E-state index contributed by atoms with van der Waals surface area (Å²) in [6.45, 7) is 4.24. The number of rotatable bonds is 3. The minimum Gasteiger partial charge on any atom is -0.454 e. The van der Waals surface area contributed by atoms with E-state index in [-0.39, 0.29) is 18.7 Å². The second-order valence-corrected chi connectivity index (χ2v) is 7.01. The topological polar surface area (TPSA) is 72.5 Å². The number of carbonyl (C=O) groups excluding carboxylic acids is 1. The van der Waals surface area contributed by atoms with Crippen LogP contribution in [0.25, 0.3) is 10.6 Å². The van der Waals surface area contributed by atoms with E-state index < -0.39 is 0 Å². The molecule has 1 fully saturated rings. The Morgan fingerprint density at radius 1 is 1.38 bits per heavy atom. The Kier molecular flexibility index (Phi) is 4.12. The van der Waals surface area contributed by atoms with Gasteiger partial charge in [0, 0.05) is 23.5 Å². The molecule has 0 radical (unpaired) electrons. The maximum absolute atomic E-state index is 12.5. The quantitative estimate of drug-likeness (QED) is 0.893. The molecule has 7 heteroatoms. The summed E-state index contributed by atoms with van der Waals surface area (Å²) in [5.41, 5.74) is 1.39. The number of ether oxygens (including phenoxy) is 2. The highest BCUT2D eigenvalue weighted by molar-refractivity contribution is 7.13. The molecule has 24 heavy (non-hydrogen) atoms. The van der Waals surface area contributed by atoms with Crippen molar-refractivity contribution in [2.24, 2.45) is 5.92 Å². The third-order valence-electron chi connectivity index (χ3n) is 4.50. The molecule has 2 aromatic rings. The fourth-order valence-corrected chi connectivity index (χ4v) is 3.76. The number of piperidine rings is 1. The Morgan fingerprint density at radius 2 is 2.25 bits per heavy atom. The molecule has 0 aliphatic carbocycles. The largest absolute Gasteiger partial charge is 0.454 e. The molecule has 2 N–H and O–H groups in total. The molecule has 1 amide bonds. The predicted molar refractivity (Wildman–Crippen MR) is 91.6 cm³/mol. The van der Waals surface area contributed by atoms with Gasteiger partial charge < -0.3 is 20.1 Å². The van der Waals surface area contributed by atoms with E-state index in [9.17, 15) is 4.79 Å². The number of thiazole rings is 1. The van der Waals surface area contributed by atoms with Crippen LogP contribution in [0.1, 0.15) is 23.8 Å². The number of hydrogen-bond donors (Lipinski definition) is 2. The number of benzene rings is 1. The standard InChI is InChI=1S/C17H19N3O3S/c1-10-4-5-18-7-12(10)19-16(21)13-8-24-17(20-13)11-2-3-14-15(6-11)23-9-22-14/h2-3,6,8,10,12,18H,4-5,7,9H2,1H3,(H,19,21). The van der Waals surface area contributed by atoms with E-state index in [1.807, 2.05) is 18.2 Å². The van der Waals surface area contributed by atoms with Crippen LogP contribution in [0.3, 0.4) is 0 Å². The van der Waals surface area contributed by atoms with Crippen LogP contribution in [-0.4, -0.2) is 36.8 Å². The summed E-state index contributed by atoms with van der Waals surface area (Å²) in [6, 6.07) is 5.85. The van der Waals surface area contributed by atoms with Crippen molar-refractivity contribution in [3.63, 3.8) is 0 Å². The molecule has 0 saturated carbocycles. The minimum atomic E-state index is -0.112. The number of aromatic nitrogens is 1. The molecule has 3 heterocycles. The van der Waals surface area contributed by atoms with Gasteiger partial charge >= 0.3 is 0 Å². The van der Waals surface area contributed by atoms with Gasteiger partial charge in [-0.25, -0.2) is 4.98 Å². The van der Waals surface area contributed by atoms with Crippen LogP contribution in [0, 0.1) is 5.92 Å². The number of hydrogen-bond acceptors (Lipinski definition) is 6. The summed E-state index contributed by atoms with van der Waals surface area (Å²) in [4.78, 5) is 16.9. The number of amides is 1. The zero-order valence-electron chi connectivity index (χ0n) is 13.4. The van der Waals surface area contributed by atoms with Crippen molar-refractivity contribution >= 4 is 17.2 Å². The molecular formula is C17H19N3O3S. The van der Waals surface area contributed by atoms with E-state index >= 15 is 0 Å². The van der Waals surface area contributed by atoms with E-state index in [1.165, 1.54) is 11.3 Å². The first-order chi connectivity index (χ1) is 11.7. The fourth-order valence-electron chi connectivity index (χ4n) is 2.97. The Bertz CT molecular complexity index is 761. The van der Waals surface area contributed by atoms with Crippen LogP contribution >= 0.6 is 11.3 Å². The zero-order chi connectivity index (χ0) is 16.5. The van der Waals surface area contributed by atoms with Gasteiger partial charge in [0.15, 0.2) is 11.5 Å². The van der Waals surface area contributed by atoms with Crippen molar-refractivity contribution < 1.29 is 14.3 Å². The lowest BCUT2D eigenvalue weighted by Gasteiger charge is -2.29. The van der Waals surface area contributed by atoms with Gasteiger partial charge in [0.05, 0.1) is 0 Å². The highest BCUT2D eigenvalue weighted by Crippen LogP contribution is 2.36. The second kappa shape index (κ2) is 6.41. The van der Waals surface area contributed by atoms with Gasteiger partial charge in [-0.2, -0.15) is 0 Å². The molecule has 0 spiro atoms. The Hall–Kier alpha value is -2.12. The first kappa shape index (κ1) is 15.4. The smallest absolute Gasteiger partial charge is 0.271 e. The van der Waals surface area contributed by atoms with Crippen molar-refractivity contribution in [2.45, 2.75) is 19.4 Å². The number of carbonyl (C=O) groups is 1. The van der Waals surface area contributed by atoms with Crippen molar-refractivity contribution in [3.8, 4) is 22.1 Å². The van der Waals surface area contributed by atoms with Gasteiger partial charge in [-0.3, -0.25) is 4.79 Å². The van der Waals surface area contributed by atoms with E-state index in [4.69, 9.17) is 9.47 Å². The summed E-state index contributed by atoms with van der Waals surface area (Å²) < 4.78 is 10.7. The first-order valence-corrected chi connectivity index (χ1v) is 8.96. The van der Waals surface area contributed by atoms with Crippen molar-refractivity contribution in [1.82, 2.24) is 15.6 Å². The highest BCUT2D eigenvalue weighted by Gasteiger charge is 2.24. The normalized spacial score (nSPS) is 22.4. The van der Waals surface area contributed by atoms with E-state index in [2.05, 4.69) is 22.5 Å². The number of fused-ring (bicyclic) bond motifs is 1. The number of nitrogens with zero attached hydrogens (tertiary/aromatic N) is 1. The number of nitrogens with one attached hydrogen (secondary N) is 2. The van der Waals surface area contributed by atoms with E-state index in [0.717, 1.165) is 41.6 Å². The molecule has 1 aromatic carbocycles. The van der Waals surface area contributed by atoms with Crippen molar-refractivity contribution in [3.05, 3.63) is 29.3 Å². The third-order valence-corrected chi connectivity index (χ3v) is 5.39. The molecule has 4 rings (SSSR count). The van der Waals surface area contributed by atoms with Gasteiger partial charge in [0.25, 0.3) is 5.91 Å². The lowest BCUT2D eigenvalue weighted by Crippen LogP contribution is -2.50. The average molecular weight is 345 g/mol. The Morgan fingerprint density at radius 3 is 3.12 bits per heavy atom. The summed E-state index contributed by atoms with van der Waals surface area (Å²) in [7, 11) is 0. The summed E-state index contributed by atoms with van der Waals surface area (Å²) in [5.74, 6) is 1.82. The van der Waals surface area contributed by atoms with Gasteiger partial charge in [-0.1, -0.05) is 6.92 Å². The van der Waals surface area contributed by atoms with E-state index in [0.29, 0.717) is 11.6 Å². The monoisotopic (exact) mass is 345 g/mol. The molecule has 2 aliphatic heterocycles. The highest BCUT2D eigenvalue weighted by atomic mass is 32.1. The maximum atomic E-state index is 12.5. The molecule has 0 bridgehead atoms. The van der Waals surface area contributed by atoms with Crippen LogP contribution < -0.4 is 20.1 Å². The van der Waals surface area contributed by atoms with Gasteiger partial charge in [0.2, 0.25) is 6.79 Å². The van der Waals surface area contributed by atoms with Crippen LogP contribution in [0.4, 0.5) is 0 Å². The molecular weight excluding hydrogens is 326 g/mol. The Labute approximate surface area is 144 Å². The zero-order valence-corrected chi connectivity index (χ0v) is 14.2. The van der Waals surface area contributed by atoms with Gasteiger partial charge in [-0.15, -0.1) is 11.3 Å². The van der Waals surface area contributed by atoms with Crippen molar-refractivity contribution in [1.29, 1.82) is 0 Å². The van der Waals surface area contributed by atoms with Crippen molar-refractivity contribution in [2.75, 3.05) is 19.9 Å². The maximum Gasteiger partial charge on any atom is 0.271 e. The molecule has 1 saturated heterocycles. The van der Waals surface area contributed by atoms with Gasteiger partial charge in [0.1, 0.15) is 10.7 Å². The second-order valence-electron chi connectivity index (χ2n) is 6.16. The Balaban J connectivity index is 1.49. The SMILES string of the molecule is CC1CCNCC1NC(=O)c1csc(-c2ccc3c(c2)OCO3)n1. The summed E-state index contributed by atoms with van der Waals surface area (Å²) in [6.07, 6.45) is 1.07. The first-order valence-electron chi connectivity index (χ1n) is 8.08. The van der Waals surface area contributed by atoms with Crippen LogP contribution in [0.5, 0.6) is 11.5 Å². The molecule has 2 unspecified atom stereocenters. The minimum absolute atomic E-state index is 0.112. The molecule has 126 valence electrons. The molecule has 2 aliphatic rings. The molecule has 6 nitrogen and oxygen atoms in total. The lowest BCUT2D eigenvalue weighted by atomic mass is 9.95. The molecule has 1 aromatic heterocycles. The fraction of sp³-hybridized carbons (Fsp3) is 0.412. The van der Waals surface area contributed by atoms with Crippen LogP contribution in [-0.2, 0) is 0 Å². The summed E-state index contributed by atoms with van der Waals surface area (Å²) >= 11 is 1.46. The summed E-state index contributed by atoms with van der Waals surface area (Å²) in [5, 5.41) is 9.01. The third kappa shape index (κ3) is 2.97. The molecule has 2 atom stereocenters. The van der Waals surface area contributed by atoms with Crippen LogP contribution in [0.15, 0.2) is 23.6 Å². The van der Waals surface area contributed by atoms with Gasteiger partial charge in [-0.05, 0) is 37.1 Å². The van der Waals surface area contributed by atoms with E-state index in [1.54, 1.807) is 5.38 Å². The van der Waals surface area contributed by atoms with Crippen LogP contribution in [0.2, 0.25) is 0 Å². The predicted octanol–water partition coefficient (Wildman–Crippen LogP) is 2.27.